The van der Waals surface area contributed by atoms with Gasteiger partial charge in [0.15, 0.2) is 6.61 Å². The molecule has 0 fully saturated rings. The Labute approximate surface area is 132 Å². The van der Waals surface area contributed by atoms with Crippen LogP contribution in [-0.2, 0) is 16.1 Å². The zero-order valence-electron chi connectivity index (χ0n) is 12.4. The number of nitriles is 1. The number of esters is 1. The maximum Gasteiger partial charge on any atom is 0.344 e. The van der Waals surface area contributed by atoms with Gasteiger partial charge in [0, 0.05) is 5.56 Å². The van der Waals surface area contributed by atoms with E-state index in [1.807, 2.05) is 6.07 Å². The molecule has 0 heterocycles. The van der Waals surface area contributed by atoms with Crippen molar-refractivity contribution >= 4 is 5.97 Å². The minimum Gasteiger partial charge on any atom is -0.496 e. The quantitative estimate of drug-likeness (QED) is 0.767. The molecule has 2 aromatic rings. The standard InChI is InChI=1S/C17H14FNO4/c1-21-16-7-4-14(18)8-13(16)10-23-17(20)11-22-15-5-2-12(9-19)3-6-15/h2-8H,10-11H2,1H3. The summed E-state index contributed by atoms with van der Waals surface area (Å²) in [5.41, 5.74) is 0.928. The molecule has 0 saturated carbocycles. The second kappa shape index (κ2) is 7.80. The van der Waals surface area contributed by atoms with Crippen molar-refractivity contribution in [1.82, 2.24) is 0 Å². The number of hydrogen-bond donors (Lipinski definition) is 0. The van der Waals surface area contributed by atoms with Crippen LogP contribution in [0.1, 0.15) is 11.1 Å². The second-order valence-corrected chi connectivity index (χ2v) is 4.54. The Balaban J connectivity index is 1.85. The summed E-state index contributed by atoms with van der Waals surface area (Å²) < 4.78 is 28.5. The van der Waals surface area contributed by atoms with Gasteiger partial charge in [-0.1, -0.05) is 0 Å². The normalized spacial score (nSPS) is 9.78. The maximum atomic E-state index is 13.2. The predicted molar refractivity (Wildman–Crippen MR) is 79.4 cm³/mol. The largest absolute Gasteiger partial charge is 0.496 e. The van der Waals surface area contributed by atoms with Gasteiger partial charge in [-0.15, -0.1) is 0 Å². The molecule has 0 saturated heterocycles. The first-order valence-corrected chi connectivity index (χ1v) is 6.73. The van der Waals surface area contributed by atoms with Crippen LogP contribution in [0.15, 0.2) is 42.5 Å². The summed E-state index contributed by atoms with van der Waals surface area (Å²) in [7, 11) is 1.45. The van der Waals surface area contributed by atoms with Gasteiger partial charge >= 0.3 is 5.97 Å². The smallest absolute Gasteiger partial charge is 0.344 e. The van der Waals surface area contributed by atoms with Gasteiger partial charge in [-0.25, -0.2) is 9.18 Å². The van der Waals surface area contributed by atoms with Crippen LogP contribution in [0.4, 0.5) is 4.39 Å². The van der Waals surface area contributed by atoms with Crippen molar-refractivity contribution < 1.29 is 23.4 Å². The first-order chi connectivity index (χ1) is 11.1. The summed E-state index contributed by atoms with van der Waals surface area (Å²) >= 11 is 0. The Morgan fingerprint density at radius 3 is 2.61 bits per heavy atom. The van der Waals surface area contributed by atoms with Gasteiger partial charge < -0.3 is 14.2 Å². The lowest BCUT2D eigenvalue weighted by atomic mass is 10.2. The van der Waals surface area contributed by atoms with Gasteiger partial charge in [0.1, 0.15) is 23.9 Å². The number of ether oxygens (including phenoxy) is 3. The molecule has 2 aromatic carbocycles. The van der Waals surface area contributed by atoms with Crippen LogP contribution < -0.4 is 9.47 Å². The Hall–Kier alpha value is -3.07. The van der Waals surface area contributed by atoms with Crippen LogP contribution in [0.5, 0.6) is 11.5 Å². The molecule has 0 radical (unpaired) electrons. The van der Waals surface area contributed by atoms with E-state index < -0.39 is 11.8 Å². The zero-order chi connectivity index (χ0) is 16.7. The molecule has 0 amide bonds. The fourth-order valence-electron chi connectivity index (χ4n) is 1.83. The molecule has 0 aliphatic carbocycles. The Morgan fingerprint density at radius 1 is 1.22 bits per heavy atom. The number of carbonyl (C=O) groups excluding carboxylic acids is 1. The molecule has 118 valence electrons. The van der Waals surface area contributed by atoms with Crippen molar-refractivity contribution in [1.29, 1.82) is 5.26 Å². The summed E-state index contributed by atoms with van der Waals surface area (Å²) in [4.78, 5) is 11.7. The van der Waals surface area contributed by atoms with Crippen LogP contribution in [0, 0.1) is 17.1 Å². The molecule has 0 aliphatic heterocycles. The molecule has 0 bridgehead atoms. The van der Waals surface area contributed by atoms with E-state index in [2.05, 4.69) is 0 Å². The third-order valence-corrected chi connectivity index (χ3v) is 2.97. The number of benzene rings is 2. The number of hydrogen-bond acceptors (Lipinski definition) is 5. The Kier molecular flexibility index (Phi) is 5.53. The molecular weight excluding hydrogens is 301 g/mol. The van der Waals surface area contributed by atoms with Crippen LogP contribution in [0.3, 0.4) is 0 Å². The van der Waals surface area contributed by atoms with Gasteiger partial charge in [-0.2, -0.15) is 5.26 Å². The summed E-state index contributed by atoms with van der Waals surface area (Å²) in [6, 6.07) is 12.3. The summed E-state index contributed by atoms with van der Waals surface area (Å²) in [5.74, 6) is -0.150. The van der Waals surface area contributed by atoms with Gasteiger partial charge in [0.2, 0.25) is 0 Å². The van der Waals surface area contributed by atoms with E-state index in [9.17, 15) is 9.18 Å². The van der Waals surface area contributed by atoms with Gasteiger partial charge in [-0.3, -0.25) is 0 Å². The van der Waals surface area contributed by atoms with Gasteiger partial charge in [-0.05, 0) is 42.5 Å². The fourth-order valence-corrected chi connectivity index (χ4v) is 1.83. The van der Waals surface area contributed by atoms with Gasteiger partial charge in [0.05, 0.1) is 18.7 Å². The first kappa shape index (κ1) is 16.3. The van der Waals surface area contributed by atoms with E-state index in [1.54, 1.807) is 24.3 Å². The van der Waals surface area contributed by atoms with Crippen molar-refractivity contribution in [3.05, 3.63) is 59.4 Å². The van der Waals surface area contributed by atoms with Crippen molar-refractivity contribution in [3.8, 4) is 17.6 Å². The predicted octanol–water partition coefficient (Wildman–Crippen LogP) is 2.83. The van der Waals surface area contributed by atoms with Crippen LogP contribution in [0.25, 0.3) is 0 Å². The summed E-state index contributed by atoms with van der Waals surface area (Å²) in [6.45, 7) is -0.403. The van der Waals surface area contributed by atoms with Crippen molar-refractivity contribution in [2.24, 2.45) is 0 Å². The third kappa shape index (κ3) is 4.71. The Bertz CT molecular complexity index is 722. The monoisotopic (exact) mass is 315 g/mol. The highest BCUT2D eigenvalue weighted by Crippen LogP contribution is 2.20. The average molecular weight is 315 g/mol. The minimum absolute atomic E-state index is 0.115. The van der Waals surface area contributed by atoms with E-state index in [-0.39, 0.29) is 13.2 Å². The maximum absolute atomic E-state index is 13.2. The number of halogens is 1. The van der Waals surface area contributed by atoms with Gasteiger partial charge in [0.25, 0.3) is 0 Å². The fraction of sp³-hybridized carbons (Fsp3) is 0.176. The number of rotatable bonds is 6. The lowest BCUT2D eigenvalue weighted by Gasteiger charge is -2.10. The molecule has 0 aromatic heterocycles. The molecule has 0 N–H and O–H groups in total. The summed E-state index contributed by atoms with van der Waals surface area (Å²) in [5, 5.41) is 8.69. The minimum atomic E-state index is -0.597. The topological polar surface area (TPSA) is 68.6 Å². The highest BCUT2D eigenvalue weighted by molar-refractivity contribution is 5.71. The zero-order valence-corrected chi connectivity index (χ0v) is 12.4. The Morgan fingerprint density at radius 2 is 1.96 bits per heavy atom. The second-order valence-electron chi connectivity index (χ2n) is 4.54. The summed E-state index contributed by atoms with van der Waals surface area (Å²) in [6.07, 6.45) is 0. The number of carbonyl (C=O) groups is 1. The van der Waals surface area contributed by atoms with E-state index in [0.717, 1.165) is 0 Å². The molecule has 0 unspecified atom stereocenters. The highest BCUT2D eigenvalue weighted by Gasteiger charge is 2.09. The lowest BCUT2D eigenvalue weighted by Crippen LogP contribution is -2.15. The third-order valence-electron chi connectivity index (χ3n) is 2.97. The van der Waals surface area contributed by atoms with Crippen LogP contribution in [0.2, 0.25) is 0 Å². The lowest BCUT2D eigenvalue weighted by molar-refractivity contribution is -0.147. The molecule has 5 nitrogen and oxygen atoms in total. The molecule has 0 aliphatic rings. The first-order valence-electron chi connectivity index (χ1n) is 6.73. The average Bonchev–Trinajstić information content (AvgIpc) is 2.58. The molecule has 2 rings (SSSR count). The van der Waals surface area contributed by atoms with Crippen molar-refractivity contribution in [2.75, 3.05) is 13.7 Å². The van der Waals surface area contributed by atoms with Crippen LogP contribution in [-0.4, -0.2) is 19.7 Å². The van der Waals surface area contributed by atoms with E-state index in [1.165, 1.54) is 25.3 Å². The molecule has 6 heteroatoms. The SMILES string of the molecule is COc1ccc(F)cc1COC(=O)COc1ccc(C#N)cc1. The van der Waals surface area contributed by atoms with E-state index in [4.69, 9.17) is 19.5 Å². The molecule has 0 atom stereocenters. The van der Waals surface area contributed by atoms with Crippen molar-refractivity contribution in [3.63, 3.8) is 0 Å². The van der Waals surface area contributed by atoms with E-state index >= 15 is 0 Å². The van der Waals surface area contributed by atoms with Crippen molar-refractivity contribution in [2.45, 2.75) is 6.61 Å². The van der Waals surface area contributed by atoms with E-state index in [0.29, 0.717) is 22.6 Å². The molecule has 23 heavy (non-hydrogen) atoms. The molecular formula is C17H14FNO4. The van der Waals surface area contributed by atoms with Crippen LogP contribution >= 0.6 is 0 Å². The number of nitrogens with zero attached hydrogens (tertiary/aromatic N) is 1. The highest BCUT2D eigenvalue weighted by atomic mass is 19.1. The number of methoxy groups -OCH3 is 1. The molecule has 0 spiro atoms.